The molecule has 1 nitrogen and oxygen atoms in total. The zero-order chi connectivity index (χ0) is 12.4. The molecule has 0 aliphatic heterocycles. The van der Waals surface area contributed by atoms with Crippen molar-refractivity contribution >= 4 is 23.2 Å². The van der Waals surface area contributed by atoms with E-state index in [9.17, 15) is 0 Å². The summed E-state index contributed by atoms with van der Waals surface area (Å²) in [5, 5.41) is 0.195. The van der Waals surface area contributed by atoms with Crippen molar-refractivity contribution in [3.05, 3.63) is 41.5 Å². The van der Waals surface area contributed by atoms with Crippen molar-refractivity contribution in [2.24, 2.45) is 11.8 Å². The zero-order valence-electron chi connectivity index (χ0n) is 10.0. The molecule has 6 atom stereocenters. The molecule has 1 aromatic carbocycles. The average Bonchev–Trinajstić information content (AvgIpc) is 2.45. The molecule has 1 saturated carbocycles. The number of ether oxygens (including phenoxy) is 1. The summed E-state index contributed by atoms with van der Waals surface area (Å²) in [6.45, 7) is 0. The van der Waals surface area contributed by atoms with Gasteiger partial charge in [-0.1, -0.05) is 24.3 Å². The molecule has 5 rings (SSSR count). The van der Waals surface area contributed by atoms with E-state index in [0.717, 1.165) is 5.75 Å². The molecule has 0 saturated heterocycles. The van der Waals surface area contributed by atoms with Crippen LogP contribution in [-0.4, -0.2) is 17.9 Å². The van der Waals surface area contributed by atoms with Gasteiger partial charge >= 0.3 is 0 Å². The number of benzene rings is 1. The van der Waals surface area contributed by atoms with Gasteiger partial charge in [-0.3, -0.25) is 0 Å². The molecule has 0 spiro atoms. The van der Waals surface area contributed by atoms with E-state index in [2.05, 4.69) is 24.3 Å². The molecule has 1 aromatic rings. The molecule has 2 bridgehead atoms. The first kappa shape index (κ1) is 11.2. The van der Waals surface area contributed by atoms with Crippen LogP contribution in [0.15, 0.2) is 30.4 Å². The van der Waals surface area contributed by atoms with Crippen LogP contribution in [0.5, 0.6) is 5.75 Å². The van der Waals surface area contributed by atoms with Gasteiger partial charge < -0.3 is 4.74 Å². The van der Waals surface area contributed by atoms with Crippen molar-refractivity contribution in [2.75, 3.05) is 7.11 Å². The Kier molecular flexibility index (Phi) is 2.29. The Bertz CT molecular complexity index is 539. The van der Waals surface area contributed by atoms with Gasteiger partial charge in [0.1, 0.15) is 5.75 Å². The summed E-state index contributed by atoms with van der Waals surface area (Å²) in [5.74, 6) is 2.77. The second-order valence-corrected chi connectivity index (χ2v) is 6.45. The van der Waals surface area contributed by atoms with Crippen LogP contribution in [-0.2, 0) is 0 Å². The Labute approximate surface area is 117 Å². The Morgan fingerprint density at radius 1 is 1.00 bits per heavy atom. The fourth-order valence-corrected chi connectivity index (χ4v) is 5.05. The van der Waals surface area contributed by atoms with Gasteiger partial charge in [0.25, 0.3) is 0 Å². The molecule has 1 fully saturated rings. The first-order chi connectivity index (χ1) is 8.74. The molecule has 0 heterocycles. The van der Waals surface area contributed by atoms with E-state index in [1.807, 2.05) is 6.07 Å². The molecule has 3 heteroatoms. The van der Waals surface area contributed by atoms with Gasteiger partial charge in [0.05, 0.1) is 17.9 Å². The molecule has 0 amide bonds. The molecule has 6 unspecified atom stereocenters. The summed E-state index contributed by atoms with van der Waals surface area (Å²) >= 11 is 12.8. The maximum atomic E-state index is 6.42. The maximum Gasteiger partial charge on any atom is 0.122 e. The Morgan fingerprint density at radius 2 is 1.67 bits per heavy atom. The molecule has 4 aliphatic rings. The van der Waals surface area contributed by atoms with Crippen molar-refractivity contribution in [1.82, 2.24) is 0 Å². The third-order valence-corrected chi connectivity index (χ3v) is 6.11. The lowest BCUT2D eigenvalue weighted by atomic mass is 9.51. The minimum atomic E-state index is 0.0900. The lowest BCUT2D eigenvalue weighted by Gasteiger charge is -2.58. The summed E-state index contributed by atoms with van der Waals surface area (Å²) in [4.78, 5) is 0. The van der Waals surface area contributed by atoms with Crippen LogP contribution < -0.4 is 4.74 Å². The van der Waals surface area contributed by atoms with Crippen LogP contribution in [0.3, 0.4) is 0 Å². The Balaban J connectivity index is 1.91. The summed E-state index contributed by atoms with van der Waals surface area (Å²) < 4.78 is 5.53. The van der Waals surface area contributed by atoms with Crippen LogP contribution in [0.2, 0.25) is 0 Å². The van der Waals surface area contributed by atoms with E-state index in [-0.39, 0.29) is 10.8 Å². The number of methoxy groups -OCH3 is 1. The second kappa shape index (κ2) is 3.68. The Hall–Kier alpha value is -0.660. The normalized spacial score (nSPS) is 43.1. The molecule has 94 valence electrons. The average molecular weight is 281 g/mol. The van der Waals surface area contributed by atoms with E-state index in [1.54, 1.807) is 7.11 Å². The van der Waals surface area contributed by atoms with Crippen LogP contribution in [0.25, 0.3) is 0 Å². The number of halogens is 2. The predicted molar refractivity (Wildman–Crippen MR) is 73.9 cm³/mol. The molecular formula is C15H14Cl2O. The smallest absolute Gasteiger partial charge is 0.122 e. The first-order valence-corrected chi connectivity index (χ1v) is 7.24. The highest BCUT2D eigenvalue weighted by molar-refractivity contribution is 6.31. The summed E-state index contributed by atoms with van der Waals surface area (Å²) in [6, 6.07) is 6.32. The van der Waals surface area contributed by atoms with E-state index < -0.39 is 0 Å². The van der Waals surface area contributed by atoms with Gasteiger partial charge in [0.2, 0.25) is 0 Å². The number of rotatable bonds is 1. The highest BCUT2D eigenvalue weighted by Gasteiger charge is 2.59. The largest absolute Gasteiger partial charge is 0.496 e. The van der Waals surface area contributed by atoms with Gasteiger partial charge in [0.15, 0.2) is 0 Å². The molecule has 4 aliphatic carbocycles. The fourth-order valence-electron chi connectivity index (χ4n) is 4.06. The number of alkyl halides is 2. The van der Waals surface area contributed by atoms with Crippen molar-refractivity contribution in [3.8, 4) is 5.75 Å². The van der Waals surface area contributed by atoms with Crippen LogP contribution >= 0.6 is 23.2 Å². The van der Waals surface area contributed by atoms with Gasteiger partial charge in [-0.2, -0.15) is 0 Å². The van der Waals surface area contributed by atoms with E-state index >= 15 is 0 Å². The van der Waals surface area contributed by atoms with Crippen LogP contribution in [0.4, 0.5) is 0 Å². The van der Waals surface area contributed by atoms with Crippen molar-refractivity contribution in [3.63, 3.8) is 0 Å². The number of allylic oxidation sites excluding steroid dienone is 2. The molecule has 0 aromatic heterocycles. The standard InChI is InChI=1S/C15H14Cl2O/c1-18-10-4-2-3-7-8-5-6-9(11(7)10)13-12(8)14(16)15(13)17/h2-6,8-9,12-15H,1H3. The monoisotopic (exact) mass is 280 g/mol. The van der Waals surface area contributed by atoms with Gasteiger partial charge in [-0.15, -0.1) is 23.2 Å². The number of hydrogen-bond donors (Lipinski definition) is 0. The summed E-state index contributed by atoms with van der Waals surface area (Å²) in [5.41, 5.74) is 2.72. The lowest BCUT2D eigenvalue weighted by molar-refractivity contribution is 0.128. The minimum Gasteiger partial charge on any atom is -0.496 e. The van der Waals surface area contributed by atoms with Crippen LogP contribution in [0, 0.1) is 11.8 Å². The third kappa shape index (κ3) is 1.15. The SMILES string of the molecule is COc1cccc2c1C1C=CC2C2C(Cl)C(Cl)C12. The molecule has 18 heavy (non-hydrogen) atoms. The summed E-state index contributed by atoms with van der Waals surface area (Å²) in [6.07, 6.45) is 4.61. The maximum absolute atomic E-state index is 6.42. The molecule has 0 radical (unpaired) electrons. The van der Waals surface area contributed by atoms with E-state index in [4.69, 9.17) is 27.9 Å². The second-order valence-electron chi connectivity index (χ2n) is 5.44. The quantitative estimate of drug-likeness (QED) is 0.560. The lowest BCUT2D eigenvalue weighted by Crippen LogP contribution is -2.57. The molecule has 0 N–H and O–H groups in total. The Morgan fingerprint density at radius 3 is 2.39 bits per heavy atom. The highest BCUT2D eigenvalue weighted by Crippen LogP contribution is 2.64. The van der Waals surface area contributed by atoms with Crippen LogP contribution in [0.1, 0.15) is 23.0 Å². The van der Waals surface area contributed by atoms with Gasteiger partial charge in [0, 0.05) is 17.4 Å². The van der Waals surface area contributed by atoms with E-state index in [1.165, 1.54) is 11.1 Å². The minimum absolute atomic E-state index is 0.0900. The zero-order valence-corrected chi connectivity index (χ0v) is 11.5. The first-order valence-electron chi connectivity index (χ1n) is 6.37. The third-order valence-electron chi connectivity index (χ3n) is 4.85. The topological polar surface area (TPSA) is 9.23 Å². The number of hydrogen-bond acceptors (Lipinski definition) is 1. The van der Waals surface area contributed by atoms with Gasteiger partial charge in [-0.25, -0.2) is 0 Å². The molecular weight excluding hydrogens is 267 g/mol. The fraction of sp³-hybridized carbons (Fsp3) is 0.467. The van der Waals surface area contributed by atoms with Crippen molar-refractivity contribution < 1.29 is 4.74 Å². The van der Waals surface area contributed by atoms with Crippen molar-refractivity contribution in [2.45, 2.75) is 22.6 Å². The predicted octanol–water partition coefficient (Wildman–Crippen LogP) is 3.91. The van der Waals surface area contributed by atoms with Crippen molar-refractivity contribution in [1.29, 1.82) is 0 Å². The summed E-state index contributed by atoms with van der Waals surface area (Å²) in [7, 11) is 1.74. The van der Waals surface area contributed by atoms with E-state index in [0.29, 0.717) is 23.7 Å². The van der Waals surface area contributed by atoms with Gasteiger partial charge in [-0.05, 0) is 23.5 Å². The highest BCUT2D eigenvalue weighted by atomic mass is 35.5.